The fraction of sp³-hybridized carbons (Fsp3) is 0. The Bertz CT molecular complexity index is 802. The van der Waals surface area contributed by atoms with Crippen molar-refractivity contribution >= 4 is 11.6 Å². The molecule has 0 amide bonds. The van der Waals surface area contributed by atoms with Gasteiger partial charge in [0, 0.05) is 0 Å². The average molecular weight is 299 g/mol. The van der Waals surface area contributed by atoms with Gasteiger partial charge in [-0.15, -0.1) is 0 Å². The zero-order valence-corrected chi connectivity index (χ0v) is 11.7. The third-order valence-electron chi connectivity index (χ3n) is 2.85. The van der Waals surface area contributed by atoms with E-state index in [4.69, 9.17) is 16.3 Å². The van der Waals surface area contributed by atoms with E-state index in [0.717, 1.165) is 0 Å². The Kier molecular flexibility index (Phi) is 3.71. The van der Waals surface area contributed by atoms with Gasteiger partial charge in [0.05, 0.1) is 11.9 Å². The van der Waals surface area contributed by atoms with Gasteiger partial charge in [-0.3, -0.25) is 4.79 Å². The first-order valence-corrected chi connectivity index (χ1v) is 6.69. The fourth-order valence-corrected chi connectivity index (χ4v) is 2.03. The predicted molar refractivity (Wildman–Crippen MR) is 81.4 cm³/mol. The van der Waals surface area contributed by atoms with Gasteiger partial charge in [0.15, 0.2) is 0 Å². The number of para-hydroxylation sites is 2. The molecule has 0 aliphatic carbocycles. The number of aromatic nitrogens is 2. The minimum Gasteiger partial charge on any atom is -0.450 e. The number of rotatable bonds is 3. The minimum atomic E-state index is -0.405. The normalized spacial score (nSPS) is 10.3. The highest BCUT2D eigenvalue weighted by atomic mass is 35.5. The van der Waals surface area contributed by atoms with E-state index in [2.05, 4.69) is 5.10 Å². The first-order valence-electron chi connectivity index (χ1n) is 6.32. The van der Waals surface area contributed by atoms with Crippen molar-refractivity contribution in [2.75, 3.05) is 0 Å². The van der Waals surface area contributed by atoms with Crippen molar-refractivity contribution in [3.05, 3.63) is 82.2 Å². The molecule has 1 aromatic heterocycles. The number of hydrogen-bond donors (Lipinski definition) is 0. The van der Waals surface area contributed by atoms with Crippen LogP contribution in [0.1, 0.15) is 0 Å². The Balaban J connectivity index is 2.07. The summed E-state index contributed by atoms with van der Waals surface area (Å²) in [4.78, 5) is 12.5. The van der Waals surface area contributed by atoms with Crippen molar-refractivity contribution in [3.8, 4) is 17.2 Å². The van der Waals surface area contributed by atoms with Gasteiger partial charge in [0.25, 0.3) is 0 Å². The number of ether oxygens (including phenoxy) is 1. The molecule has 0 saturated heterocycles. The van der Waals surface area contributed by atoms with E-state index >= 15 is 0 Å². The van der Waals surface area contributed by atoms with Gasteiger partial charge < -0.3 is 4.74 Å². The largest absolute Gasteiger partial charge is 0.450 e. The zero-order chi connectivity index (χ0) is 14.7. The molecule has 0 unspecified atom stereocenters. The molecule has 0 aliphatic heterocycles. The maximum atomic E-state index is 12.5. The van der Waals surface area contributed by atoms with Gasteiger partial charge in [-0.1, -0.05) is 48.0 Å². The zero-order valence-electron chi connectivity index (χ0n) is 10.9. The van der Waals surface area contributed by atoms with Crippen LogP contribution in [0.25, 0.3) is 5.69 Å². The molecule has 3 rings (SSSR count). The highest BCUT2D eigenvalue weighted by molar-refractivity contribution is 6.31. The van der Waals surface area contributed by atoms with Crippen LogP contribution in [0.3, 0.4) is 0 Å². The first-order chi connectivity index (χ1) is 10.3. The van der Waals surface area contributed by atoms with Gasteiger partial charge >= 0.3 is 5.56 Å². The lowest BCUT2D eigenvalue weighted by Crippen LogP contribution is -2.22. The summed E-state index contributed by atoms with van der Waals surface area (Å²) >= 11 is 6.04. The summed E-state index contributed by atoms with van der Waals surface area (Å²) in [7, 11) is 0. The minimum absolute atomic E-state index is 0.0571. The fourth-order valence-electron chi connectivity index (χ4n) is 1.87. The summed E-state index contributed by atoms with van der Waals surface area (Å²) in [6.45, 7) is 0. The summed E-state index contributed by atoms with van der Waals surface area (Å²) in [6, 6.07) is 18.1. The van der Waals surface area contributed by atoms with Crippen LogP contribution in [-0.2, 0) is 0 Å². The maximum Gasteiger partial charge on any atom is 0.316 e. The van der Waals surface area contributed by atoms with Crippen molar-refractivity contribution in [2.24, 2.45) is 0 Å². The monoisotopic (exact) mass is 298 g/mol. The third kappa shape index (κ3) is 2.80. The van der Waals surface area contributed by atoms with Crippen molar-refractivity contribution in [1.29, 1.82) is 0 Å². The van der Waals surface area contributed by atoms with E-state index in [9.17, 15) is 4.79 Å². The number of halogens is 1. The molecule has 0 atom stereocenters. The van der Waals surface area contributed by atoms with Crippen LogP contribution >= 0.6 is 11.6 Å². The smallest absolute Gasteiger partial charge is 0.316 e. The van der Waals surface area contributed by atoms with Crippen molar-refractivity contribution in [3.63, 3.8) is 0 Å². The molecule has 2 aromatic carbocycles. The molecule has 0 bridgehead atoms. The van der Waals surface area contributed by atoms with Crippen LogP contribution in [0.2, 0.25) is 5.02 Å². The molecule has 5 heteroatoms. The van der Waals surface area contributed by atoms with Gasteiger partial charge in [-0.2, -0.15) is 9.78 Å². The van der Waals surface area contributed by atoms with Crippen LogP contribution in [0, 0.1) is 0 Å². The van der Waals surface area contributed by atoms with Crippen LogP contribution < -0.4 is 10.3 Å². The molecular weight excluding hydrogens is 288 g/mol. The Morgan fingerprint density at radius 3 is 2.24 bits per heavy atom. The third-order valence-corrected chi connectivity index (χ3v) is 3.12. The van der Waals surface area contributed by atoms with Gasteiger partial charge in [-0.05, 0) is 24.3 Å². The van der Waals surface area contributed by atoms with Gasteiger partial charge in [0.1, 0.15) is 10.8 Å². The molecule has 104 valence electrons. The molecule has 0 aliphatic rings. The van der Waals surface area contributed by atoms with Crippen LogP contribution in [-0.4, -0.2) is 9.78 Å². The molecule has 0 radical (unpaired) electrons. The Morgan fingerprint density at radius 2 is 1.57 bits per heavy atom. The number of hydrogen-bond acceptors (Lipinski definition) is 3. The summed E-state index contributed by atoms with van der Waals surface area (Å²) in [5.74, 6) is 0.601. The predicted octanol–water partition coefficient (Wildman–Crippen LogP) is 3.68. The quantitative estimate of drug-likeness (QED) is 0.741. The Morgan fingerprint density at radius 1 is 0.952 bits per heavy atom. The highest BCUT2D eigenvalue weighted by Crippen LogP contribution is 2.24. The van der Waals surface area contributed by atoms with Crippen molar-refractivity contribution in [1.82, 2.24) is 9.78 Å². The maximum absolute atomic E-state index is 12.5. The van der Waals surface area contributed by atoms with E-state index in [0.29, 0.717) is 11.4 Å². The lowest BCUT2D eigenvalue weighted by atomic mass is 10.3. The number of nitrogens with zero attached hydrogens (tertiary/aromatic N) is 2. The van der Waals surface area contributed by atoms with Crippen molar-refractivity contribution in [2.45, 2.75) is 0 Å². The molecule has 1 heterocycles. The summed E-state index contributed by atoms with van der Waals surface area (Å²) in [6.07, 6.45) is 1.40. The van der Waals surface area contributed by atoms with Crippen molar-refractivity contribution < 1.29 is 4.74 Å². The van der Waals surface area contributed by atoms with E-state index in [1.165, 1.54) is 10.9 Å². The lowest BCUT2D eigenvalue weighted by molar-refractivity contribution is 0.468. The van der Waals surface area contributed by atoms with E-state index in [1.807, 2.05) is 36.4 Å². The van der Waals surface area contributed by atoms with E-state index in [1.54, 1.807) is 24.3 Å². The second-order valence-corrected chi connectivity index (χ2v) is 4.70. The summed E-state index contributed by atoms with van der Waals surface area (Å²) < 4.78 is 6.85. The standard InChI is InChI=1S/C16H11ClN2O2/c17-14-11-18-19(12-7-3-1-4-8-12)16(20)15(14)21-13-9-5-2-6-10-13/h1-11H. The molecule has 3 aromatic rings. The van der Waals surface area contributed by atoms with E-state index < -0.39 is 5.56 Å². The molecule has 0 saturated carbocycles. The topological polar surface area (TPSA) is 44.1 Å². The molecule has 21 heavy (non-hydrogen) atoms. The van der Waals surface area contributed by atoms with Gasteiger partial charge in [0.2, 0.25) is 5.75 Å². The second-order valence-electron chi connectivity index (χ2n) is 4.29. The molecule has 4 nitrogen and oxygen atoms in total. The number of benzene rings is 2. The Labute approximate surface area is 126 Å². The second kappa shape index (κ2) is 5.81. The highest BCUT2D eigenvalue weighted by Gasteiger charge is 2.13. The molecule has 0 fully saturated rings. The molecule has 0 N–H and O–H groups in total. The SMILES string of the molecule is O=c1c(Oc2ccccc2)c(Cl)cnn1-c1ccccc1. The van der Waals surface area contributed by atoms with Gasteiger partial charge in [-0.25, -0.2) is 0 Å². The molecule has 0 spiro atoms. The summed E-state index contributed by atoms with van der Waals surface area (Å²) in [5, 5.41) is 4.22. The van der Waals surface area contributed by atoms with E-state index in [-0.39, 0.29) is 10.8 Å². The summed E-state index contributed by atoms with van der Waals surface area (Å²) in [5.41, 5.74) is 0.245. The van der Waals surface area contributed by atoms with Crippen LogP contribution in [0.5, 0.6) is 11.5 Å². The first kappa shape index (κ1) is 13.4. The average Bonchev–Trinajstić information content (AvgIpc) is 2.53. The molecular formula is C16H11ClN2O2. The lowest BCUT2D eigenvalue weighted by Gasteiger charge is -2.09. The van der Waals surface area contributed by atoms with Crippen LogP contribution in [0.4, 0.5) is 0 Å². The van der Waals surface area contributed by atoms with Crippen LogP contribution in [0.15, 0.2) is 71.7 Å². The Hall–Kier alpha value is -2.59.